The lowest BCUT2D eigenvalue weighted by atomic mass is 9.96. The summed E-state index contributed by atoms with van der Waals surface area (Å²) in [7, 11) is -3.89. The Morgan fingerprint density at radius 1 is 1.13 bits per heavy atom. The summed E-state index contributed by atoms with van der Waals surface area (Å²) in [6.07, 6.45) is 0. The number of nitrogens with one attached hydrogen (secondary N) is 3. The number of non-ortho nitro benzene ring substituents is 1. The molecule has 0 bridgehead atoms. The number of aliphatic hydroxyl groups is 1. The zero-order valence-electron chi connectivity index (χ0n) is 17.4. The van der Waals surface area contributed by atoms with Crippen molar-refractivity contribution in [2.75, 3.05) is 26.2 Å². The van der Waals surface area contributed by atoms with Crippen LogP contribution in [0.1, 0.15) is 19.4 Å². The first-order valence-electron chi connectivity index (χ1n) is 9.70. The highest BCUT2D eigenvalue weighted by atomic mass is 32.2. The lowest BCUT2D eigenvalue weighted by Gasteiger charge is -2.22. The fourth-order valence-corrected chi connectivity index (χ4v) is 3.75. The molecule has 0 amide bonds. The standard InChI is InChI=1S/C20H27N5O5S/c1-3-21-19(23-15-20(2,26)16-8-5-4-6-9-16)22-12-13-24-31(29,30)18-11-7-10-17(14-18)25(27)28/h4-11,14,24,26H,3,12-13,15H2,1-2H3,(H2,21,22,23). The van der Waals surface area contributed by atoms with Crippen LogP contribution in [0.15, 0.2) is 64.5 Å². The van der Waals surface area contributed by atoms with Gasteiger partial charge in [-0.15, -0.1) is 0 Å². The Kier molecular flexibility index (Phi) is 8.48. The molecule has 0 heterocycles. The lowest BCUT2D eigenvalue weighted by Crippen LogP contribution is -2.42. The third-order valence-electron chi connectivity index (χ3n) is 4.33. The highest BCUT2D eigenvalue weighted by Gasteiger charge is 2.22. The molecule has 0 saturated heterocycles. The van der Waals surface area contributed by atoms with Crippen molar-refractivity contribution in [2.24, 2.45) is 4.99 Å². The molecule has 0 aliphatic heterocycles. The van der Waals surface area contributed by atoms with Gasteiger partial charge in [0.25, 0.3) is 5.69 Å². The van der Waals surface area contributed by atoms with Gasteiger partial charge in [-0.05, 0) is 25.5 Å². The van der Waals surface area contributed by atoms with Crippen molar-refractivity contribution in [3.05, 3.63) is 70.3 Å². The predicted octanol–water partition coefficient (Wildman–Crippen LogP) is 1.34. The first-order valence-corrected chi connectivity index (χ1v) is 11.2. The molecule has 0 aromatic heterocycles. The quantitative estimate of drug-likeness (QED) is 0.141. The van der Waals surface area contributed by atoms with Crippen LogP contribution in [0, 0.1) is 10.1 Å². The van der Waals surface area contributed by atoms with Crippen LogP contribution < -0.4 is 15.4 Å². The topological polar surface area (TPSA) is 146 Å². The second kappa shape index (κ2) is 10.8. The smallest absolute Gasteiger partial charge is 0.270 e. The van der Waals surface area contributed by atoms with Crippen molar-refractivity contribution in [3.63, 3.8) is 0 Å². The Hall–Kier alpha value is -3.02. The van der Waals surface area contributed by atoms with Gasteiger partial charge in [-0.3, -0.25) is 10.1 Å². The third-order valence-corrected chi connectivity index (χ3v) is 5.79. The van der Waals surface area contributed by atoms with Crippen LogP contribution in [0.2, 0.25) is 0 Å². The summed E-state index contributed by atoms with van der Waals surface area (Å²) in [5.41, 5.74) is -0.722. The second-order valence-corrected chi connectivity index (χ2v) is 8.68. The summed E-state index contributed by atoms with van der Waals surface area (Å²) in [5.74, 6) is 0.424. The van der Waals surface area contributed by atoms with E-state index in [2.05, 4.69) is 20.3 Å². The van der Waals surface area contributed by atoms with Crippen molar-refractivity contribution in [1.82, 2.24) is 15.4 Å². The van der Waals surface area contributed by atoms with Crippen molar-refractivity contribution >= 4 is 21.7 Å². The van der Waals surface area contributed by atoms with Crippen LogP contribution in [0.25, 0.3) is 0 Å². The van der Waals surface area contributed by atoms with E-state index in [-0.39, 0.29) is 30.2 Å². The van der Waals surface area contributed by atoms with E-state index >= 15 is 0 Å². The first-order chi connectivity index (χ1) is 14.7. The number of nitro benzene ring substituents is 1. The van der Waals surface area contributed by atoms with Gasteiger partial charge in [0.05, 0.1) is 16.4 Å². The molecule has 0 radical (unpaired) electrons. The number of sulfonamides is 1. The second-order valence-electron chi connectivity index (χ2n) is 6.91. The predicted molar refractivity (Wildman–Crippen MR) is 118 cm³/mol. The molecule has 2 aromatic rings. The number of hydrogen-bond acceptors (Lipinski definition) is 6. The van der Waals surface area contributed by atoms with Crippen LogP contribution in [0.4, 0.5) is 5.69 Å². The van der Waals surface area contributed by atoms with Crippen LogP contribution in [-0.2, 0) is 15.6 Å². The number of rotatable bonds is 10. The third kappa shape index (κ3) is 7.31. The highest BCUT2D eigenvalue weighted by Crippen LogP contribution is 2.20. The molecule has 1 unspecified atom stereocenters. The van der Waals surface area contributed by atoms with Crippen LogP contribution in [0.5, 0.6) is 0 Å². The molecule has 0 spiro atoms. The molecule has 10 nitrogen and oxygen atoms in total. The summed E-state index contributed by atoms with van der Waals surface area (Å²) in [4.78, 5) is 14.4. The van der Waals surface area contributed by atoms with E-state index in [1.54, 1.807) is 6.92 Å². The molecule has 0 aliphatic carbocycles. The van der Waals surface area contributed by atoms with Gasteiger partial charge in [-0.2, -0.15) is 0 Å². The molecule has 2 aromatic carbocycles. The fourth-order valence-electron chi connectivity index (χ4n) is 2.68. The van der Waals surface area contributed by atoms with E-state index in [0.29, 0.717) is 12.5 Å². The van der Waals surface area contributed by atoms with Crippen LogP contribution in [-0.4, -0.2) is 50.6 Å². The molecule has 168 valence electrons. The number of nitro groups is 1. The lowest BCUT2D eigenvalue weighted by molar-refractivity contribution is -0.385. The molecule has 31 heavy (non-hydrogen) atoms. The summed E-state index contributed by atoms with van der Waals surface area (Å²) < 4.78 is 27.1. The minimum Gasteiger partial charge on any atom is -0.384 e. The minimum atomic E-state index is -3.89. The first kappa shape index (κ1) is 24.3. The monoisotopic (exact) mass is 449 g/mol. The van der Waals surface area contributed by atoms with Gasteiger partial charge >= 0.3 is 0 Å². The van der Waals surface area contributed by atoms with Crippen molar-refractivity contribution < 1.29 is 18.4 Å². The van der Waals surface area contributed by atoms with Crippen LogP contribution >= 0.6 is 0 Å². The SMILES string of the molecule is CCNC(=NCC(C)(O)c1ccccc1)NCCNS(=O)(=O)c1cccc([N+](=O)[O-])c1. The number of nitrogens with zero attached hydrogens (tertiary/aromatic N) is 2. The number of guanidine groups is 1. The van der Waals surface area contributed by atoms with Gasteiger partial charge in [0, 0.05) is 31.8 Å². The summed E-state index contributed by atoms with van der Waals surface area (Å²) >= 11 is 0. The summed E-state index contributed by atoms with van der Waals surface area (Å²) in [6.45, 7) is 4.49. The van der Waals surface area contributed by atoms with Crippen molar-refractivity contribution in [3.8, 4) is 0 Å². The van der Waals surface area contributed by atoms with Crippen molar-refractivity contribution in [2.45, 2.75) is 24.3 Å². The Bertz CT molecular complexity index is 1010. The van der Waals surface area contributed by atoms with Gasteiger partial charge in [-0.25, -0.2) is 18.1 Å². The Balaban J connectivity index is 1.94. The number of aliphatic imine (C=N–C) groups is 1. The van der Waals surface area contributed by atoms with Crippen LogP contribution in [0.3, 0.4) is 0 Å². The largest absolute Gasteiger partial charge is 0.384 e. The van der Waals surface area contributed by atoms with Gasteiger partial charge in [0.15, 0.2) is 5.96 Å². The zero-order valence-corrected chi connectivity index (χ0v) is 18.2. The van der Waals surface area contributed by atoms with Gasteiger partial charge in [-0.1, -0.05) is 36.4 Å². The molecule has 2 rings (SSSR count). The molecule has 11 heteroatoms. The van der Waals surface area contributed by atoms with E-state index in [1.165, 1.54) is 18.2 Å². The molecule has 0 aliphatic rings. The minimum absolute atomic E-state index is 0.0323. The molecule has 0 fully saturated rings. The van der Waals surface area contributed by atoms with E-state index in [9.17, 15) is 23.6 Å². The normalized spacial score (nSPS) is 14.0. The zero-order chi connectivity index (χ0) is 22.9. The molecule has 1 atom stereocenters. The fraction of sp³-hybridized carbons (Fsp3) is 0.350. The average Bonchev–Trinajstić information content (AvgIpc) is 2.75. The average molecular weight is 450 g/mol. The van der Waals surface area contributed by atoms with E-state index in [0.717, 1.165) is 11.6 Å². The Morgan fingerprint density at radius 2 is 1.84 bits per heavy atom. The van der Waals surface area contributed by atoms with E-state index in [4.69, 9.17) is 0 Å². The maximum atomic E-state index is 12.4. The van der Waals surface area contributed by atoms with Crippen molar-refractivity contribution in [1.29, 1.82) is 0 Å². The summed E-state index contributed by atoms with van der Waals surface area (Å²) in [6, 6.07) is 14.0. The van der Waals surface area contributed by atoms with E-state index in [1.807, 2.05) is 37.3 Å². The molecular weight excluding hydrogens is 422 g/mol. The molecule has 4 N–H and O–H groups in total. The van der Waals surface area contributed by atoms with Gasteiger partial charge < -0.3 is 15.7 Å². The molecule has 0 saturated carbocycles. The number of benzene rings is 2. The maximum absolute atomic E-state index is 12.4. The maximum Gasteiger partial charge on any atom is 0.270 e. The highest BCUT2D eigenvalue weighted by molar-refractivity contribution is 7.89. The van der Waals surface area contributed by atoms with Gasteiger partial charge in [0.2, 0.25) is 10.0 Å². The Labute approximate surface area is 181 Å². The molecular formula is C20H27N5O5S. The van der Waals surface area contributed by atoms with Gasteiger partial charge in [0.1, 0.15) is 5.60 Å². The summed E-state index contributed by atoms with van der Waals surface area (Å²) in [5, 5.41) is 27.5. The number of hydrogen-bond donors (Lipinski definition) is 4. The Morgan fingerprint density at radius 3 is 2.48 bits per heavy atom. The van der Waals surface area contributed by atoms with E-state index < -0.39 is 20.5 Å².